The second-order valence-electron chi connectivity index (χ2n) is 6.93. The zero-order valence-electron chi connectivity index (χ0n) is 16.8. The molecule has 0 fully saturated rings. The molecule has 0 atom stereocenters. The molecule has 0 aliphatic rings. The van der Waals surface area contributed by atoms with Gasteiger partial charge >= 0.3 is 11.7 Å². The number of fused-ring (bicyclic) bond motifs is 1. The van der Waals surface area contributed by atoms with E-state index in [1.54, 1.807) is 48.5 Å². The fourth-order valence-corrected chi connectivity index (χ4v) is 4.05. The molecule has 8 nitrogen and oxygen atoms in total. The van der Waals surface area contributed by atoms with Crippen LogP contribution in [0, 0.1) is 0 Å². The number of rotatable bonds is 6. The van der Waals surface area contributed by atoms with Crippen molar-refractivity contribution in [3.8, 4) is 5.75 Å². The fraction of sp³-hybridized carbons (Fsp3) is 0.0435. The average Bonchev–Trinajstić information content (AvgIpc) is 2.78. The molecule has 0 unspecified atom stereocenters. The molecule has 0 spiro atoms. The number of para-hydroxylation sites is 1. The summed E-state index contributed by atoms with van der Waals surface area (Å²) in [7, 11) is 0. The molecule has 0 bridgehead atoms. The van der Waals surface area contributed by atoms with E-state index < -0.39 is 17.2 Å². The number of carboxylic acid groups (broad SMARTS) is 1. The summed E-state index contributed by atoms with van der Waals surface area (Å²) in [6.45, 7) is 0.136. The molecule has 4 aromatic rings. The molecule has 33 heavy (non-hydrogen) atoms. The first-order chi connectivity index (χ1) is 15.8. The quantitative estimate of drug-likeness (QED) is 0.363. The van der Waals surface area contributed by atoms with E-state index in [-0.39, 0.29) is 12.2 Å². The van der Waals surface area contributed by atoms with E-state index in [9.17, 15) is 14.4 Å². The van der Waals surface area contributed by atoms with Crippen LogP contribution in [0.3, 0.4) is 0 Å². The summed E-state index contributed by atoms with van der Waals surface area (Å²) in [5.74, 6) is -0.629. The zero-order chi connectivity index (χ0) is 23.5. The first-order valence-electron chi connectivity index (χ1n) is 9.56. The van der Waals surface area contributed by atoms with Crippen molar-refractivity contribution >= 4 is 50.6 Å². The molecule has 3 aromatic carbocycles. The number of benzene rings is 3. The van der Waals surface area contributed by atoms with Gasteiger partial charge < -0.3 is 14.8 Å². The zero-order valence-corrected chi connectivity index (χ0v) is 19.1. The largest absolute Gasteiger partial charge is 0.487 e. The highest BCUT2D eigenvalue weighted by molar-refractivity contribution is 9.10. The Labute approximate surface area is 199 Å². The maximum Gasteiger partial charge on any atom is 0.349 e. The number of aromatic carboxylic acids is 1. The summed E-state index contributed by atoms with van der Waals surface area (Å²) in [4.78, 5) is 38.7. The van der Waals surface area contributed by atoms with E-state index in [0.717, 1.165) is 10.2 Å². The van der Waals surface area contributed by atoms with Gasteiger partial charge in [-0.2, -0.15) is 5.10 Å². The number of H-pyrrole nitrogens is 1. The minimum Gasteiger partial charge on any atom is -0.487 e. The summed E-state index contributed by atoms with van der Waals surface area (Å²) in [6, 6.07) is 16.1. The number of ether oxygens (including phenoxy) is 1. The summed E-state index contributed by atoms with van der Waals surface area (Å²) >= 11 is 9.57. The van der Waals surface area contributed by atoms with Gasteiger partial charge in [0, 0.05) is 10.6 Å². The van der Waals surface area contributed by atoms with Gasteiger partial charge in [0.05, 0.1) is 27.2 Å². The van der Waals surface area contributed by atoms with E-state index in [4.69, 9.17) is 21.4 Å². The van der Waals surface area contributed by atoms with Crippen molar-refractivity contribution in [1.82, 2.24) is 9.66 Å². The lowest BCUT2D eigenvalue weighted by atomic mass is 10.1. The molecule has 10 heteroatoms. The number of hydrogen-bond acceptors (Lipinski definition) is 5. The van der Waals surface area contributed by atoms with Crippen molar-refractivity contribution in [2.75, 3.05) is 0 Å². The predicted molar refractivity (Wildman–Crippen MR) is 129 cm³/mol. The minimum absolute atomic E-state index is 0.136. The highest BCUT2D eigenvalue weighted by Crippen LogP contribution is 2.32. The first-order valence-corrected chi connectivity index (χ1v) is 10.7. The fourth-order valence-electron chi connectivity index (χ4n) is 3.11. The Morgan fingerprint density at radius 3 is 2.61 bits per heavy atom. The summed E-state index contributed by atoms with van der Waals surface area (Å²) in [5, 5.41) is 13.8. The maximum atomic E-state index is 12.7. The van der Waals surface area contributed by atoms with Gasteiger partial charge in [-0.25, -0.2) is 9.59 Å². The SMILES string of the molecule is O=C(O)c1ccc(COc2c(Br)cc(Cl)cc2C=Nn2c(=O)[nH]c3ccccc3c2=O)cc1. The van der Waals surface area contributed by atoms with Crippen molar-refractivity contribution in [3.63, 3.8) is 0 Å². The topological polar surface area (TPSA) is 114 Å². The van der Waals surface area contributed by atoms with Crippen molar-refractivity contribution < 1.29 is 14.6 Å². The Morgan fingerprint density at radius 2 is 1.88 bits per heavy atom. The van der Waals surface area contributed by atoms with Crippen molar-refractivity contribution in [2.24, 2.45) is 5.10 Å². The third-order valence-corrected chi connectivity index (χ3v) is 5.52. The molecule has 2 N–H and O–H groups in total. The van der Waals surface area contributed by atoms with Crippen LogP contribution in [-0.2, 0) is 6.61 Å². The van der Waals surface area contributed by atoms with Gasteiger partial charge in [-0.3, -0.25) is 4.79 Å². The van der Waals surface area contributed by atoms with Crippen LogP contribution in [0.25, 0.3) is 10.9 Å². The van der Waals surface area contributed by atoms with Crippen LogP contribution in [-0.4, -0.2) is 27.0 Å². The average molecular weight is 529 g/mol. The second-order valence-corrected chi connectivity index (χ2v) is 8.22. The number of carboxylic acids is 1. The molecule has 0 aliphatic heterocycles. The Morgan fingerprint density at radius 1 is 1.15 bits per heavy atom. The molecule has 1 aromatic heterocycles. The molecule has 166 valence electrons. The van der Waals surface area contributed by atoms with Gasteiger partial charge in [-0.15, -0.1) is 4.68 Å². The molecule has 0 saturated carbocycles. The van der Waals surface area contributed by atoms with Crippen LogP contribution in [0.1, 0.15) is 21.5 Å². The maximum absolute atomic E-state index is 12.7. The van der Waals surface area contributed by atoms with Crippen LogP contribution >= 0.6 is 27.5 Å². The molecular weight excluding hydrogens is 514 g/mol. The van der Waals surface area contributed by atoms with Gasteiger partial charge in [0.1, 0.15) is 12.4 Å². The molecule has 0 saturated heterocycles. The Balaban J connectivity index is 1.67. The molecular formula is C23H15BrClN3O5. The lowest BCUT2D eigenvalue weighted by molar-refractivity contribution is 0.0697. The number of aromatic amines is 1. The van der Waals surface area contributed by atoms with Gasteiger partial charge in [-0.1, -0.05) is 35.9 Å². The van der Waals surface area contributed by atoms with Crippen molar-refractivity contribution in [1.29, 1.82) is 0 Å². The first kappa shape index (κ1) is 22.5. The van der Waals surface area contributed by atoms with E-state index in [1.807, 2.05) is 0 Å². The lowest BCUT2D eigenvalue weighted by Gasteiger charge is -2.12. The highest BCUT2D eigenvalue weighted by Gasteiger charge is 2.12. The van der Waals surface area contributed by atoms with Crippen LogP contribution in [0.5, 0.6) is 5.75 Å². The standard InChI is InChI=1S/C23H15BrClN3O5/c24-18-10-16(25)9-15(20(18)33-12-13-5-7-14(8-6-13)22(30)31)11-26-28-21(29)17-3-1-2-4-19(17)27-23(28)32/h1-11H,12H2,(H,27,32)(H,30,31). The monoisotopic (exact) mass is 527 g/mol. The van der Waals surface area contributed by atoms with E-state index in [2.05, 4.69) is 26.0 Å². The van der Waals surface area contributed by atoms with Crippen LogP contribution in [0.2, 0.25) is 5.02 Å². The minimum atomic E-state index is -1.01. The van der Waals surface area contributed by atoms with Gasteiger partial charge in [-0.05, 0) is 57.9 Å². The number of nitrogens with zero attached hydrogens (tertiary/aromatic N) is 2. The molecule has 1 heterocycles. The molecule has 0 amide bonds. The Kier molecular flexibility index (Phi) is 6.43. The third-order valence-electron chi connectivity index (χ3n) is 4.72. The Hall–Kier alpha value is -3.69. The number of halogens is 2. The Bertz CT molecular complexity index is 1510. The lowest BCUT2D eigenvalue weighted by Crippen LogP contribution is -2.32. The summed E-state index contributed by atoms with van der Waals surface area (Å²) in [6.07, 6.45) is 1.31. The normalized spacial score (nSPS) is 11.2. The number of hydrogen-bond donors (Lipinski definition) is 2. The van der Waals surface area contributed by atoms with Crippen molar-refractivity contribution in [3.05, 3.63) is 108 Å². The van der Waals surface area contributed by atoms with Gasteiger partial charge in [0.25, 0.3) is 5.56 Å². The number of aromatic nitrogens is 2. The predicted octanol–water partition coefficient (Wildman–Crippen LogP) is 4.27. The molecule has 4 rings (SSSR count). The van der Waals surface area contributed by atoms with Gasteiger partial charge in [0.15, 0.2) is 0 Å². The van der Waals surface area contributed by atoms with Crippen molar-refractivity contribution in [2.45, 2.75) is 6.61 Å². The number of nitrogens with one attached hydrogen (secondary N) is 1. The summed E-state index contributed by atoms with van der Waals surface area (Å²) < 4.78 is 7.18. The van der Waals surface area contributed by atoms with Crippen LogP contribution in [0.15, 0.2) is 79.8 Å². The molecule has 0 aliphatic carbocycles. The molecule has 0 radical (unpaired) electrons. The van der Waals surface area contributed by atoms with Gasteiger partial charge in [0.2, 0.25) is 0 Å². The third kappa shape index (κ3) is 4.89. The van der Waals surface area contributed by atoms with Crippen LogP contribution < -0.4 is 16.0 Å². The highest BCUT2D eigenvalue weighted by atomic mass is 79.9. The van der Waals surface area contributed by atoms with E-state index in [1.165, 1.54) is 18.3 Å². The van der Waals surface area contributed by atoms with E-state index in [0.29, 0.717) is 31.7 Å². The van der Waals surface area contributed by atoms with Crippen LogP contribution in [0.4, 0.5) is 0 Å². The second kappa shape index (κ2) is 9.43. The van der Waals surface area contributed by atoms with E-state index >= 15 is 0 Å². The smallest absolute Gasteiger partial charge is 0.349 e. The number of carbonyl (C=O) groups is 1. The summed E-state index contributed by atoms with van der Waals surface area (Å²) in [5.41, 5.74) is 0.514.